The first-order chi connectivity index (χ1) is 9.12. The SMILES string of the molecule is CN(CC1CO1)S(=O)(=O)c1ccc(Br)c(C(F)(F)F)c1. The minimum atomic E-state index is -4.62. The summed E-state index contributed by atoms with van der Waals surface area (Å²) in [4.78, 5) is -0.392. The molecule has 1 aliphatic rings. The maximum absolute atomic E-state index is 12.8. The Labute approximate surface area is 122 Å². The summed E-state index contributed by atoms with van der Waals surface area (Å²) in [7, 11) is -2.65. The first-order valence-electron chi connectivity index (χ1n) is 5.57. The lowest BCUT2D eigenvalue weighted by atomic mass is 10.2. The second-order valence-electron chi connectivity index (χ2n) is 4.38. The molecule has 0 aliphatic carbocycles. The molecular formula is C11H11BrF3NO3S. The molecule has 1 saturated heterocycles. The van der Waals surface area contributed by atoms with Crippen molar-refractivity contribution >= 4 is 26.0 Å². The summed E-state index contributed by atoms with van der Waals surface area (Å²) >= 11 is 2.77. The third kappa shape index (κ3) is 3.33. The van der Waals surface area contributed by atoms with Gasteiger partial charge in [-0.15, -0.1) is 0 Å². The molecule has 1 heterocycles. The molecule has 1 aromatic rings. The lowest BCUT2D eigenvalue weighted by Gasteiger charge is -2.17. The first-order valence-corrected chi connectivity index (χ1v) is 7.80. The molecule has 0 radical (unpaired) electrons. The van der Waals surface area contributed by atoms with Crippen LogP contribution >= 0.6 is 15.9 Å². The van der Waals surface area contributed by atoms with E-state index < -0.39 is 26.7 Å². The first kappa shape index (κ1) is 15.7. The van der Waals surface area contributed by atoms with Crippen LogP contribution in [0.1, 0.15) is 5.56 Å². The molecule has 20 heavy (non-hydrogen) atoms. The fourth-order valence-electron chi connectivity index (χ4n) is 1.62. The van der Waals surface area contributed by atoms with E-state index in [0.29, 0.717) is 12.7 Å². The van der Waals surface area contributed by atoms with Crippen LogP contribution in [0, 0.1) is 0 Å². The monoisotopic (exact) mass is 373 g/mol. The van der Waals surface area contributed by atoms with Crippen molar-refractivity contribution in [2.75, 3.05) is 20.2 Å². The molecule has 1 atom stereocenters. The molecule has 0 spiro atoms. The summed E-state index contributed by atoms with van der Waals surface area (Å²) in [6.45, 7) is 0.591. The Bertz CT molecular complexity index is 614. The molecule has 0 amide bonds. The van der Waals surface area contributed by atoms with E-state index in [4.69, 9.17) is 4.74 Å². The van der Waals surface area contributed by atoms with E-state index in [1.54, 1.807) is 0 Å². The number of hydrogen-bond donors (Lipinski definition) is 0. The van der Waals surface area contributed by atoms with Crippen LogP contribution in [0.5, 0.6) is 0 Å². The van der Waals surface area contributed by atoms with Crippen molar-refractivity contribution in [1.29, 1.82) is 0 Å². The minimum absolute atomic E-state index is 0.125. The summed E-state index contributed by atoms with van der Waals surface area (Å²) < 4.78 is 68.4. The van der Waals surface area contributed by atoms with Crippen LogP contribution < -0.4 is 0 Å². The van der Waals surface area contributed by atoms with Crippen molar-refractivity contribution in [2.24, 2.45) is 0 Å². The number of halogens is 4. The molecule has 2 rings (SSSR count). The summed E-state index contributed by atoms with van der Waals surface area (Å²) in [6, 6.07) is 2.85. The number of sulfonamides is 1. The molecule has 0 aromatic heterocycles. The zero-order valence-corrected chi connectivity index (χ0v) is 12.7. The molecule has 1 aromatic carbocycles. The number of benzene rings is 1. The second kappa shape index (κ2) is 5.28. The van der Waals surface area contributed by atoms with E-state index in [2.05, 4.69) is 15.9 Å². The van der Waals surface area contributed by atoms with E-state index >= 15 is 0 Å². The van der Waals surface area contributed by atoms with Gasteiger partial charge in [-0.1, -0.05) is 15.9 Å². The zero-order valence-electron chi connectivity index (χ0n) is 10.3. The van der Waals surface area contributed by atoms with Crippen LogP contribution in [0.15, 0.2) is 27.6 Å². The van der Waals surface area contributed by atoms with E-state index in [9.17, 15) is 21.6 Å². The normalized spacial score (nSPS) is 19.4. The average molecular weight is 374 g/mol. The van der Waals surface area contributed by atoms with Gasteiger partial charge in [-0.3, -0.25) is 0 Å². The summed E-state index contributed by atoms with van der Waals surface area (Å²) in [6.07, 6.45) is -4.80. The number of alkyl halides is 3. The van der Waals surface area contributed by atoms with Gasteiger partial charge in [0.25, 0.3) is 0 Å². The van der Waals surface area contributed by atoms with Gasteiger partial charge < -0.3 is 4.74 Å². The van der Waals surface area contributed by atoms with Crippen molar-refractivity contribution in [3.8, 4) is 0 Å². The standard InChI is InChI=1S/C11H11BrF3NO3S/c1-16(5-7-6-19-7)20(17,18)8-2-3-10(12)9(4-8)11(13,14)15/h2-4,7H,5-6H2,1H3. The number of nitrogens with zero attached hydrogens (tertiary/aromatic N) is 1. The Morgan fingerprint density at radius 1 is 1.45 bits per heavy atom. The van der Waals surface area contributed by atoms with Gasteiger partial charge >= 0.3 is 6.18 Å². The second-order valence-corrected chi connectivity index (χ2v) is 7.28. The Hall–Kier alpha value is -0.640. The van der Waals surface area contributed by atoms with Crippen LogP contribution in [-0.2, 0) is 20.9 Å². The van der Waals surface area contributed by atoms with Crippen molar-refractivity contribution in [3.63, 3.8) is 0 Å². The van der Waals surface area contributed by atoms with Crippen molar-refractivity contribution in [2.45, 2.75) is 17.2 Å². The fourth-order valence-corrected chi connectivity index (χ4v) is 3.32. The van der Waals surface area contributed by atoms with Crippen LogP contribution in [0.2, 0.25) is 0 Å². The maximum Gasteiger partial charge on any atom is 0.417 e. The Balaban J connectivity index is 2.36. The minimum Gasteiger partial charge on any atom is -0.372 e. The predicted octanol–water partition coefficient (Wildman–Crippen LogP) is 2.49. The van der Waals surface area contributed by atoms with Crippen LogP contribution in [0.4, 0.5) is 13.2 Å². The summed E-state index contributed by atoms with van der Waals surface area (Å²) in [5.41, 5.74) is -1.02. The molecule has 9 heteroatoms. The molecule has 4 nitrogen and oxygen atoms in total. The lowest BCUT2D eigenvalue weighted by Crippen LogP contribution is -2.30. The summed E-state index contributed by atoms with van der Waals surface area (Å²) in [5, 5.41) is 0. The van der Waals surface area contributed by atoms with Gasteiger partial charge in [-0.25, -0.2) is 8.42 Å². The summed E-state index contributed by atoms with van der Waals surface area (Å²) in [5.74, 6) is 0. The van der Waals surface area contributed by atoms with Gasteiger partial charge in [-0.2, -0.15) is 17.5 Å². The van der Waals surface area contributed by atoms with E-state index in [-0.39, 0.29) is 17.1 Å². The third-order valence-electron chi connectivity index (χ3n) is 2.81. The quantitative estimate of drug-likeness (QED) is 0.761. The van der Waals surface area contributed by atoms with Gasteiger partial charge in [0, 0.05) is 18.1 Å². The van der Waals surface area contributed by atoms with Crippen LogP contribution in [-0.4, -0.2) is 39.0 Å². The molecule has 1 fully saturated rings. The number of likely N-dealkylation sites (N-methyl/N-ethyl adjacent to an activating group) is 1. The molecule has 0 N–H and O–H groups in total. The largest absolute Gasteiger partial charge is 0.417 e. The van der Waals surface area contributed by atoms with Crippen LogP contribution in [0.3, 0.4) is 0 Å². The number of ether oxygens (including phenoxy) is 1. The van der Waals surface area contributed by atoms with Gasteiger partial charge in [0.05, 0.1) is 23.2 Å². The zero-order chi connectivity index (χ0) is 15.1. The highest BCUT2D eigenvalue weighted by atomic mass is 79.9. The maximum atomic E-state index is 12.8. The molecule has 112 valence electrons. The lowest BCUT2D eigenvalue weighted by molar-refractivity contribution is -0.138. The smallest absolute Gasteiger partial charge is 0.372 e. The highest BCUT2D eigenvalue weighted by Crippen LogP contribution is 2.36. The Kier molecular flexibility index (Phi) is 4.16. The Morgan fingerprint density at radius 3 is 2.55 bits per heavy atom. The highest BCUT2D eigenvalue weighted by Gasteiger charge is 2.36. The van der Waals surface area contributed by atoms with Gasteiger partial charge in [-0.05, 0) is 18.2 Å². The van der Waals surface area contributed by atoms with Gasteiger partial charge in [0.1, 0.15) is 0 Å². The van der Waals surface area contributed by atoms with E-state index in [0.717, 1.165) is 16.4 Å². The van der Waals surface area contributed by atoms with Gasteiger partial charge in [0.15, 0.2) is 0 Å². The highest BCUT2D eigenvalue weighted by molar-refractivity contribution is 9.10. The number of hydrogen-bond acceptors (Lipinski definition) is 3. The predicted molar refractivity (Wildman–Crippen MR) is 68.7 cm³/mol. The van der Waals surface area contributed by atoms with Crippen molar-refractivity contribution in [1.82, 2.24) is 4.31 Å². The van der Waals surface area contributed by atoms with E-state index in [1.165, 1.54) is 7.05 Å². The van der Waals surface area contributed by atoms with Crippen LogP contribution in [0.25, 0.3) is 0 Å². The molecule has 0 saturated carbocycles. The topological polar surface area (TPSA) is 49.9 Å². The molecule has 1 unspecified atom stereocenters. The average Bonchev–Trinajstić information content (AvgIpc) is 3.11. The molecule has 1 aliphatic heterocycles. The number of rotatable bonds is 4. The molecular weight excluding hydrogens is 363 g/mol. The van der Waals surface area contributed by atoms with Gasteiger partial charge in [0.2, 0.25) is 10.0 Å². The Morgan fingerprint density at radius 2 is 2.05 bits per heavy atom. The van der Waals surface area contributed by atoms with Crippen molar-refractivity contribution < 1.29 is 26.3 Å². The third-order valence-corrected chi connectivity index (χ3v) is 5.33. The van der Waals surface area contributed by atoms with E-state index in [1.807, 2.05) is 0 Å². The number of epoxide rings is 1. The fraction of sp³-hybridized carbons (Fsp3) is 0.455. The van der Waals surface area contributed by atoms with Crippen molar-refractivity contribution in [3.05, 3.63) is 28.2 Å². The molecule has 0 bridgehead atoms.